The summed E-state index contributed by atoms with van der Waals surface area (Å²) in [6.45, 7) is 4.54. The number of rotatable bonds is 6. The predicted molar refractivity (Wildman–Crippen MR) is 135 cm³/mol. The van der Waals surface area contributed by atoms with Crippen LogP contribution in [0.1, 0.15) is 41.6 Å². The summed E-state index contributed by atoms with van der Waals surface area (Å²) in [4.78, 5) is 37.0. The van der Waals surface area contributed by atoms with Gasteiger partial charge < -0.3 is 20.1 Å². The van der Waals surface area contributed by atoms with Crippen molar-refractivity contribution in [1.29, 1.82) is 5.26 Å². The van der Waals surface area contributed by atoms with Crippen molar-refractivity contribution < 1.29 is 4.79 Å². The fourth-order valence-corrected chi connectivity index (χ4v) is 5.03. The third kappa shape index (κ3) is 5.10. The average molecular weight is 469 g/mol. The number of aromatic nitrogens is 2. The van der Waals surface area contributed by atoms with Crippen LogP contribution in [0.5, 0.6) is 0 Å². The number of carbonyl (C=O) groups excluding carboxylic acids is 1. The van der Waals surface area contributed by atoms with E-state index in [2.05, 4.69) is 31.2 Å². The van der Waals surface area contributed by atoms with Gasteiger partial charge in [-0.1, -0.05) is 0 Å². The number of hydrogen-bond acceptors (Lipinski definition) is 6. The quantitative estimate of drug-likeness (QED) is 0.572. The molecule has 8 nitrogen and oxygen atoms in total. The first-order valence-electron chi connectivity index (χ1n) is 12.1. The molecule has 1 amide bonds. The van der Waals surface area contributed by atoms with Gasteiger partial charge in [0, 0.05) is 60.1 Å². The van der Waals surface area contributed by atoms with E-state index in [1.807, 2.05) is 24.3 Å². The highest BCUT2D eigenvalue weighted by Crippen LogP contribution is 2.27. The Bertz CT molecular complexity index is 1300. The van der Waals surface area contributed by atoms with E-state index in [1.165, 1.54) is 45.0 Å². The minimum atomic E-state index is -0.398. The van der Waals surface area contributed by atoms with Crippen molar-refractivity contribution in [3.05, 3.63) is 76.5 Å². The Morgan fingerprint density at radius 2 is 1.89 bits per heavy atom. The molecule has 0 spiro atoms. The number of amides is 1. The number of aromatic amines is 1. The SMILES string of the molecule is N#Cc1cncc(-c2c[nH]c(=O)c(NC(=O)c3ccc(N4CCCC4CN4CCCC4)cc3)c2)c1. The smallest absolute Gasteiger partial charge is 0.271 e. The lowest BCUT2D eigenvalue weighted by atomic mass is 10.1. The van der Waals surface area contributed by atoms with Crippen LogP contribution in [-0.2, 0) is 0 Å². The lowest BCUT2D eigenvalue weighted by Gasteiger charge is -2.30. The lowest BCUT2D eigenvalue weighted by Crippen LogP contribution is -2.39. The molecule has 5 rings (SSSR count). The second-order valence-corrected chi connectivity index (χ2v) is 9.20. The molecule has 2 aliphatic heterocycles. The van der Waals surface area contributed by atoms with Crippen molar-refractivity contribution in [2.75, 3.05) is 36.4 Å². The van der Waals surface area contributed by atoms with Gasteiger partial charge in [0.1, 0.15) is 11.8 Å². The van der Waals surface area contributed by atoms with Crippen LogP contribution < -0.4 is 15.8 Å². The molecule has 2 N–H and O–H groups in total. The van der Waals surface area contributed by atoms with Gasteiger partial charge in [-0.3, -0.25) is 14.6 Å². The zero-order chi connectivity index (χ0) is 24.2. The molecule has 4 heterocycles. The number of anilines is 2. The van der Waals surface area contributed by atoms with Crippen LogP contribution in [-0.4, -0.2) is 53.0 Å². The summed E-state index contributed by atoms with van der Waals surface area (Å²) in [5.74, 6) is -0.349. The first-order valence-corrected chi connectivity index (χ1v) is 12.1. The molecule has 178 valence electrons. The van der Waals surface area contributed by atoms with Crippen molar-refractivity contribution in [2.24, 2.45) is 0 Å². The number of benzene rings is 1. The van der Waals surface area contributed by atoms with Gasteiger partial charge in [0.15, 0.2) is 0 Å². The molecule has 35 heavy (non-hydrogen) atoms. The summed E-state index contributed by atoms with van der Waals surface area (Å²) in [7, 11) is 0. The standard InChI is InChI=1S/C27H28N6O2/c28-14-19-12-21(16-29-15-19)22-13-25(27(35)30-17-22)31-26(34)20-5-7-23(8-6-20)33-11-3-4-24(33)18-32-9-1-2-10-32/h5-8,12-13,15-17,24H,1-4,9-11,18H2,(H,30,35)(H,31,34). The Morgan fingerprint density at radius 1 is 1.09 bits per heavy atom. The Morgan fingerprint density at radius 3 is 2.66 bits per heavy atom. The summed E-state index contributed by atoms with van der Waals surface area (Å²) in [6, 6.07) is 13.5. The fourth-order valence-electron chi connectivity index (χ4n) is 5.03. The molecule has 1 aromatic carbocycles. The van der Waals surface area contributed by atoms with Crippen LogP contribution in [0.25, 0.3) is 11.1 Å². The lowest BCUT2D eigenvalue weighted by molar-refractivity contribution is 0.102. The van der Waals surface area contributed by atoms with Gasteiger partial charge in [-0.2, -0.15) is 5.26 Å². The minimum absolute atomic E-state index is 0.143. The van der Waals surface area contributed by atoms with Crippen LogP contribution in [0.3, 0.4) is 0 Å². The normalized spacial score (nSPS) is 17.9. The molecule has 2 aliphatic rings. The van der Waals surface area contributed by atoms with Crippen molar-refractivity contribution in [2.45, 2.75) is 31.7 Å². The maximum atomic E-state index is 12.9. The largest absolute Gasteiger partial charge is 0.367 e. The predicted octanol–water partition coefficient (Wildman–Crippen LogP) is 3.63. The summed E-state index contributed by atoms with van der Waals surface area (Å²) in [5.41, 5.74) is 3.11. The summed E-state index contributed by atoms with van der Waals surface area (Å²) in [5, 5.41) is 11.8. The molecular formula is C27H28N6O2. The van der Waals surface area contributed by atoms with Gasteiger partial charge in [-0.05, 0) is 75.2 Å². The number of hydrogen-bond donors (Lipinski definition) is 2. The third-order valence-corrected chi connectivity index (χ3v) is 6.86. The Balaban J connectivity index is 1.29. The van der Waals surface area contributed by atoms with Gasteiger partial charge in [0.05, 0.1) is 5.56 Å². The number of carbonyl (C=O) groups is 1. The number of nitriles is 1. The van der Waals surface area contributed by atoms with E-state index < -0.39 is 5.56 Å². The van der Waals surface area contributed by atoms with Crippen molar-refractivity contribution in [1.82, 2.24) is 14.9 Å². The first kappa shape index (κ1) is 22.8. The molecule has 0 aliphatic carbocycles. The van der Waals surface area contributed by atoms with Gasteiger partial charge in [0.25, 0.3) is 11.5 Å². The van der Waals surface area contributed by atoms with E-state index in [0.29, 0.717) is 28.3 Å². The van der Waals surface area contributed by atoms with Crippen LogP contribution in [0.4, 0.5) is 11.4 Å². The fraction of sp³-hybridized carbons (Fsp3) is 0.333. The highest BCUT2D eigenvalue weighted by molar-refractivity contribution is 6.04. The Kier molecular flexibility index (Phi) is 6.59. The maximum Gasteiger partial charge on any atom is 0.271 e. The van der Waals surface area contributed by atoms with Gasteiger partial charge in [-0.15, -0.1) is 0 Å². The number of nitrogens with zero attached hydrogens (tertiary/aromatic N) is 4. The Hall–Kier alpha value is -3.96. The van der Waals surface area contributed by atoms with Crippen molar-refractivity contribution in [3.8, 4) is 17.2 Å². The topological polar surface area (TPSA) is 105 Å². The summed E-state index contributed by atoms with van der Waals surface area (Å²) >= 11 is 0. The molecule has 2 fully saturated rings. The molecule has 3 aromatic rings. The van der Waals surface area contributed by atoms with E-state index in [1.54, 1.807) is 24.5 Å². The number of pyridine rings is 2. The molecule has 1 unspecified atom stereocenters. The highest BCUT2D eigenvalue weighted by atomic mass is 16.2. The van der Waals surface area contributed by atoms with Gasteiger partial charge in [-0.25, -0.2) is 0 Å². The monoisotopic (exact) mass is 468 g/mol. The van der Waals surface area contributed by atoms with Gasteiger partial charge >= 0.3 is 0 Å². The van der Waals surface area contributed by atoms with E-state index in [-0.39, 0.29) is 11.6 Å². The molecule has 2 saturated heterocycles. The summed E-state index contributed by atoms with van der Waals surface area (Å²) in [6.07, 6.45) is 9.60. The van der Waals surface area contributed by atoms with E-state index in [9.17, 15) is 9.59 Å². The van der Waals surface area contributed by atoms with Crippen LogP contribution in [0, 0.1) is 11.3 Å². The maximum absolute atomic E-state index is 12.9. The van der Waals surface area contributed by atoms with Crippen LogP contribution >= 0.6 is 0 Å². The highest BCUT2D eigenvalue weighted by Gasteiger charge is 2.27. The Labute approximate surface area is 204 Å². The second kappa shape index (κ2) is 10.1. The molecule has 0 bridgehead atoms. The molecular weight excluding hydrogens is 440 g/mol. The third-order valence-electron chi connectivity index (χ3n) is 6.86. The average Bonchev–Trinajstić information content (AvgIpc) is 3.58. The zero-order valence-electron chi connectivity index (χ0n) is 19.5. The molecule has 0 saturated carbocycles. The van der Waals surface area contributed by atoms with Crippen LogP contribution in [0.2, 0.25) is 0 Å². The zero-order valence-corrected chi connectivity index (χ0v) is 19.5. The van der Waals surface area contributed by atoms with Crippen LogP contribution in [0.15, 0.2) is 59.8 Å². The number of likely N-dealkylation sites (tertiary alicyclic amines) is 1. The number of nitrogens with one attached hydrogen (secondary N) is 2. The van der Waals surface area contributed by atoms with Crippen molar-refractivity contribution in [3.63, 3.8) is 0 Å². The number of H-pyrrole nitrogens is 1. The van der Waals surface area contributed by atoms with E-state index in [4.69, 9.17) is 5.26 Å². The molecule has 2 aromatic heterocycles. The summed E-state index contributed by atoms with van der Waals surface area (Å²) < 4.78 is 0. The van der Waals surface area contributed by atoms with Crippen molar-refractivity contribution >= 4 is 17.3 Å². The molecule has 0 radical (unpaired) electrons. The van der Waals surface area contributed by atoms with E-state index >= 15 is 0 Å². The second-order valence-electron chi connectivity index (χ2n) is 9.20. The first-order chi connectivity index (χ1) is 17.1. The molecule has 1 atom stereocenters. The molecule has 8 heteroatoms. The van der Waals surface area contributed by atoms with E-state index in [0.717, 1.165) is 18.8 Å². The van der Waals surface area contributed by atoms with Gasteiger partial charge in [0.2, 0.25) is 0 Å². The minimum Gasteiger partial charge on any atom is -0.367 e.